The average Bonchev–Trinajstić information content (AvgIpc) is 2.33. The molecule has 0 aliphatic carbocycles. The second-order valence-corrected chi connectivity index (χ2v) is 5.05. The first-order valence-electron chi connectivity index (χ1n) is 6.66. The highest BCUT2D eigenvalue weighted by Crippen LogP contribution is 2.28. The number of likely N-dealkylation sites (tertiary alicyclic amines) is 1. The summed E-state index contributed by atoms with van der Waals surface area (Å²) in [5, 5.41) is 0. The van der Waals surface area contributed by atoms with E-state index in [0.29, 0.717) is 5.92 Å². The van der Waals surface area contributed by atoms with E-state index in [2.05, 4.69) is 18.7 Å². The van der Waals surface area contributed by atoms with Crippen LogP contribution in [0.4, 0.5) is 0 Å². The molecule has 1 saturated heterocycles. The van der Waals surface area contributed by atoms with Gasteiger partial charge < -0.3 is 10.5 Å². The van der Waals surface area contributed by atoms with Crippen LogP contribution in [0, 0.1) is 5.92 Å². The largest absolute Gasteiger partial charge is 0.384 e. The fourth-order valence-electron chi connectivity index (χ4n) is 2.98. The van der Waals surface area contributed by atoms with Crippen molar-refractivity contribution in [2.24, 2.45) is 11.7 Å². The molecule has 0 radical (unpaired) electrons. The molecule has 0 aromatic carbocycles. The van der Waals surface area contributed by atoms with E-state index in [4.69, 9.17) is 10.5 Å². The van der Waals surface area contributed by atoms with E-state index in [-0.39, 0.29) is 5.54 Å². The first-order valence-corrected chi connectivity index (χ1v) is 6.66. The second-order valence-electron chi connectivity index (χ2n) is 5.05. The van der Waals surface area contributed by atoms with Crippen molar-refractivity contribution in [3.63, 3.8) is 0 Å². The summed E-state index contributed by atoms with van der Waals surface area (Å²) >= 11 is 0. The van der Waals surface area contributed by atoms with Crippen molar-refractivity contribution in [3.05, 3.63) is 0 Å². The number of methoxy groups -OCH3 is 1. The molecule has 0 saturated carbocycles. The molecule has 3 heteroatoms. The number of hydrogen-bond donors (Lipinski definition) is 1. The maximum absolute atomic E-state index is 6.01. The monoisotopic (exact) mass is 228 g/mol. The molecule has 1 rings (SSSR count). The first-order chi connectivity index (χ1) is 7.72. The minimum atomic E-state index is 0.229. The lowest BCUT2D eigenvalue weighted by Gasteiger charge is -2.46. The molecule has 1 aliphatic heterocycles. The van der Waals surface area contributed by atoms with Crippen LogP contribution in [-0.4, -0.2) is 43.8 Å². The molecule has 0 aromatic rings. The molecule has 96 valence electrons. The lowest BCUT2D eigenvalue weighted by molar-refractivity contribution is 0.0176. The molecule has 1 unspecified atom stereocenters. The van der Waals surface area contributed by atoms with Crippen LogP contribution in [0.5, 0.6) is 0 Å². The van der Waals surface area contributed by atoms with Gasteiger partial charge in [0.25, 0.3) is 0 Å². The Labute approximate surface area is 100 Å². The highest BCUT2D eigenvalue weighted by molar-refractivity contribution is 4.92. The van der Waals surface area contributed by atoms with Crippen molar-refractivity contribution in [1.29, 1.82) is 0 Å². The van der Waals surface area contributed by atoms with Crippen molar-refractivity contribution in [2.75, 3.05) is 33.4 Å². The van der Waals surface area contributed by atoms with E-state index in [1.54, 1.807) is 7.11 Å². The maximum Gasteiger partial charge on any atom is 0.0502 e. The number of ether oxygens (including phenoxy) is 1. The molecule has 2 N–H and O–H groups in total. The quantitative estimate of drug-likeness (QED) is 0.754. The summed E-state index contributed by atoms with van der Waals surface area (Å²) < 4.78 is 5.29. The van der Waals surface area contributed by atoms with Crippen molar-refractivity contribution >= 4 is 0 Å². The number of nitrogens with two attached hydrogens (primary N) is 1. The van der Waals surface area contributed by atoms with E-state index in [1.807, 2.05) is 0 Å². The maximum atomic E-state index is 6.01. The topological polar surface area (TPSA) is 38.5 Å². The van der Waals surface area contributed by atoms with Crippen molar-refractivity contribution < 1.29 is 4.74 Å². The van der Waals surface area contributed by atoms with E-state index in [1.165, 1.54) is 19.4 Å². The summed E-state index contributed by atoms with van der Waals surface area (Å²) in [6, 6.07) is 0. The lowest BCUT2D eigenvalue weighted by Crippen LogP contribution is -2.56. The molecule has 1 fully saturated rings. The van der Waals surface area contributed by atoms with Crippen LogP contribution in [0.2, 0.25) is 0 Å². The Morgan fingerprint density at radius 2 is 2.06 bits per heavy atom. The van der Waals surface area contributed by atoms with Gasteiger partial charge in [0, 0.05) is 25.7 Å². The van der Waals surface area contributed by atoms with Crippen LogP contribution in [0.15, 0.2) is 0 Å². The number of piperidine rings is 1. The minimum absolute atomic E-state index is 0.229. The molecule has 1 aliphatic rings. The Hall–Kier alpha value is -0.120. The Balaban J connectivity index is 2.63. The molecule has 1 heterocycles. The van der Waals surface area contributed by atoms with E-state index < -0.39 is 0 Å². The summed E-state index contributed by atoms with van der Waals surface area (Å²) in [6.07, 6.45) is 4.90. The molecule has 0 spiro atoms. The van der Waals surface area contributed by atoms with E-state index in [9.17, 15) is 0 Å². The van der Waals surface area contributed by atoms with Gasteiger partial charge in [-0.15, -0.1) is 0 Å². The van der Waals surface area contributed by atoms with Crippen molar-refractivity contribution in [2.45, 2.75) is 45.1 Å². The third-order valence-corrected chi connectivity index (χ3v) is 4.29. The molecular formula is C13H28N2O. The van der Waals surface area contributed by atoms with Gasteiger partial charge >= 0.3 is 0 Å². The van der Waals surface area contributed by atoms with Gasteiger partial charge in [0.2, 0.25) is 0 Å². The summed E-state index contributed by atoms with van der Waals surface area (Å²) in [6.45, 7) is 8.56. The van der Waals surface area contributed by atoms with Gasteiger partial charge in [-0.1, -0.05) is 13.8 Å². The van der Waals surface area contributed by atoms with Crippen LogP contribution in [0.1, 0.15) is 39.5 Å². The Morgan fingerprint density at radius 1 is 1.38 bits per heavy atom. The van der Waals surface area contributed by atoms with Gasteiger partial charge in [0.1, 0.15) is 0 Å². The van der Waals surface area contributed by atoms with Gasteiger partial charge in [-0.05, 0) is 38.1 Å². The Morgan fingerprint density at radius 3 is 2.56 bits per heavy atom. The standard InChI is InChI=1S/C13H28N2O/c1-4-13(5-2,11-14)15-8-6-7-12(9-15)10-16-3/h12H,4-11,14H2,1-3H3. The molecule has 1 atom stereocenters. The third kappa shape index (κ3) is 2.96. The Kier molecular flexibility index (Phi) is 5.73. The van der Waals surface area contributed by atoms with Gasteiger partial charge in [-0.2, -0.15) is 0 Å². The lowest BCUT2D eigenvalue weighted by atomic mass is 9.86. The smallest absolute Gasteiger partial charge is 0.0502 e. The highest BCUT2D eigenvalue weighted by Gasteiger charge is 2.35. The molecule has 0 bridgehead atoms. The molecule has 0 aromatic heterocycles. The predicted octanol–water partition coefficient (Wildman–Crippen LogP) is 1.86. The van der Waals surface area contributed by atoms with E-state index in [0.717, 1.165) is 32.5 Å². The number of hydrogen-bond acceptors (Lipinski definition) is 3. The van der Waals surface area contributed by atoms with Crippen LogP contribution in [0.25, 0.3) is 0 Å². The van der Waals surface area contributed by atoms with Crippen LogP contribution < -0.4 is 5.73 Å². The first kappa shape index (κ1) is 13.9. The molecular weight excluding hydrogens is 200 g/mol. The van der Waals surface area contributed by atoms with Gasteiger partial charge in [0.15, 0.2) is 0 Å². The predicted molar refractivity (Wildman–Crippen MR) is 68.5 cm³/mol. The SMILES string of the molecule is CCC(CC)(CN)N1CCCC(COC)C1. The average molecular weight is 228 g/mol. The van der Waals surface area contributed by atoms with E-state index >= 15 is 0 Å². The fraction of sp³-hybridized carbons (Fsp3) is 1.00. The van der Waals surface area contributed by atoms with Gasteiger partial charge in [0.05, 0.1) is 6.61 Å². The zero-order chi connectivity index (χ0) is 12.0. The van der Waals surface area contributed by atoms with Crippen LogP contribution in [0.3, 0.4) is 0 Å². The third-order valence-electron chi connectivity index (χ3n) is 4.29. The molecule has 0 amide bonds. The zero-order valence-electron chi connectivity index (χ0n) is 11.2. The summed E-state index contributed by atoms with van der Waals surface area (Å²) in [5.74, 6) is 0.697. The van der Waals surface area contributed by atoms with Gasteiger partial charge in [-0.3, -0.25) is 4.90 Å². The summed E-state index contributed by atoms with van der Waals surface area (Å²) in [5.41, 5.74) is 6.23. The normalized spacial score (nSPS) is 23.6. The second kappa shape index (κ2) is 6.58. The van der Waals surface area contributed by atoms with Crippen LogP contribution >= 0.6 is 0 Å². The zero-order valence-corrected chi connectivity index (χ0v) is 11.2. The Bertz CT molecular complexity index is 182. The summed E-state index contributed by atoms with van der Waals surface area (Å²) in [4.78, 5) is 2.61. The molecule has 3 nitrogen and oxygen atoms in total. The molecule has 16 heavy (non-hydrogen) atoms. The van der Waals surface area contributed by atoms with Crippen molar-refractivity contribution in [3.8, 4) is 0 Å². The minimum Gasteiger partial charge on any atom is -0.384 e. The van der Waals surface area contributed by atoms with Crippen LogP contribution in [-0.2, 0) is 4.74 Å². The fourth-order valence-corrected chi connectivity index (χ4v) is 2.98. The number of rotatable bonds is 6. The van der Waals surface area contributed by atoms with Gasteiger partial charge in [-0.25, -0.2) is 0 Å². The number of nitrogens with zero attached hydrogens (tertiary/aromatic N) is 1. The highest BCUT2D eigenvalue weighted by atomic mass is 16.5. The van der Waals surface area contributed by atoms with Crippen molar-refractivity contribution in [1.82, 2.24) is 4.90 Å². The summed E-state index contributed by atoms with van der Waals surface area (Å²) in [7, 11) is 1.80.